The molecule has 0 fully saturated rings. The Morgan fingerprint density at radius 1 is 0.821 bits per heavy atom. The van der Waals surface area contributed by atoms with Crippen LogP contribution in [-0.4, -0.2) is 58.8 Å². The molecular weight excluding hydrogens is 498 g/mol. The van der Waals surface area contributed by atoms with Crippen molar-refractivity contribution in [3.63, 3.8) is 0 Å². The average Bonchev–Trinajstić information content (AvgIpc) is 2.94. The lowest BCUT2D eigenvalue weighted by atomic mass is 10.0. The number of ether oxygens (including phenoxy) is 1. The molecule has 0 aliphatic rings. The Morgan fingerprint density at radius 2 is 1.46 bits per heavy atom. The predicted molar refractivity (Wildman–Crippen MR) is 149 cm³/mol. The molecule has 0 spiro atoms. The van der Waals surface area contributed by atoms with Crippen LogP contribution < -0.4 is 15.4 Å². The summed E-state index contributed by atoms with van der Waals surface area (Å²) >= 11 is 0. The minimum atomic E-state index is -0.902. The number of rotatable bonds is 16. The van der Waals surface area contributed by atoms with E-state index in [1.165, 1.54) is 5.56 Å². The van der Waals surface area contributed by atoms with E-state index in [4.69, 9.17) is 14.9 Å². The van der Waals surface area contributed by atoms with Crippen molar-refractivity contribution >= 4 is 17.8 Å². The molecule has 0 saturated carbocycles. The summed E-state index contributed by atoms with van der Waals surface area (Å²) in [6.07, 6.45) is 4.39. The maximum Gasteiger partial charge on any atom is 0.305 e. The third-order valence-corrected chi connectivity index (χ3v) is 5.55. The molecule has 39 heavy (non-hydrogen) atoms. The molecule has 1 aromatic heterocycles. The van der Waals surface area contributed by atoms with Gasteiger partial charge in [-0.15, -0.1) is 0 Å². The number of carboxylic acid groups (broad SMARTS) is 2. The number of carbonyl (C=O) groups excluding carboxylic acids is 1. The summed E-state index contributed by atoms with van der Waals surface area (Å²) in [5.41, 5.74) is 2.35. The first-order valence-electron chi connectivity index (χ1n) is 13.0. The molecule has 1 heterocycles. The number of carbonyl (C=O) groups is 3. The maximum atomic E-state index is 12.1. The first kappa shape index (κ1) is 31.0. The summed E-state index contributed by atoms with van der Waals surface area (Å²) in [5, 5.41) is 23.3. The van der Waals surface area contributed by atoms with Crippen LogP contribution in [0.1, 0.15) is 36.8 Å². The van der Waals surface area contributed by atoms with Gasteiger partial charge in [-0.3, -0.25) is 14.4 Å². The van der Waals surface area contributed by atoms with E-state index in [1.54, 1.807) is 18.3 Å². The fourth-order valence-corrected chi connectivity index (χ4v) is 3.61. The minimum Gasteiger partial charge on any atom is -0.481 e. The van der Waals surface area contributed by atoms with Crippen LogP contribution in [-0.2, 0) is 27.2 Å². The quantitative estimate of drug-likeness (QED) is 0.204. The fraction of sp³-hybridized carbons (Fsp3) is 0.333. The zero-order valence-electron chi connectivity index (χ0n) is 22.0. The highest BCUT2D eigenvalue weighted by Crippen LogP contribution is 2.08. The lowest BCUT2D eigenvalue weighted by Gasteiger charge is -2.17. The monoisotopic (exact) mass is 535 g/mol. The largest absolute Gasteiger partial charge is 0.481 e. The summed E-state index contributed by atoms with van der Waals surface area (Å²) in [7, 11) is 0. The van der Waals surface area contributed by atoms with Gasteiger partial charge >= 0.3 is 11.9 Å². The van der Waals surface area contributed by atoms with Crippen LogP contribution in [0.3, 0.4) is 0 Å². The van der Waals surface area contributed by atoms with Crippen molar-refractivity contribution < 1.29 is 29.3 Å². The molecule has 1 atom stereocenters. The SMILES string of the molecule is O=C(O)CCCOc1ccccn1.O=C(O)C[C@@H](CCc1ccccc1)NC(=O)CNCCc1ccccc1. The van der Waals surface area contributed by atoms with E-state index >= 15 is 0 Å². The second kappa shape index (κ2) is 18.9. The topological polar surface area (TPSA) is 138 Å². The van der Waals surface area contributed by atoms with Crippen LogP contribution in [0.5, 0.6) is 5.88 Å². The number of aliphatic carboxylic acids is 2. The summed E-state index contributed by atoms with van der Waals surface area (Å²) in [4.78, 5) is 37.2. The van der Waals surface area contributed by atoms with E-state index in [9.17, 15) is 14.4 Å². The van der Waals surface area contributed by atoms with Crippen molar-refractivity contribution in [2.24, 2.45) is 0 Å². The molecule has 3 rings (SSSR count). The third-order valence-electron chi connectivity index (χ3n) is 5.55. The summed E-state index contributed by atoms with van der Waals surface area (Å²) in [5.74, 6) is -1.34. The van der Waals surface area contributed by atoms with Gasteiger partial charge in [0.2, 0.25) is 11.8 Å². The number of benzene rings is 2. The number of hydrogen-bond acceptors (Lipinski definition) is 6. The van der Waals surface area contributed by atoms with Crippen LogP contribution in [0.2, 0.25) is 0 Å². The van der Waals surface area contributed by atoms with E-state index < -0.39 is 11.9 Å². The van der Waals surface area contributed by atoms with Crippen molar-refractivity contribution in [1.29, 1.82) is 0 Å². The van der Waals surface area contributed by atoms with Gasteiger partial charge in [0.15, 0.2) is 0 Å². The first-order valence-corrected chi connectivity index (χ1v) is 13.0. The summed E-state index contributed by atoms with van der Waals surface area (Å²) in [6.45, 7) is 1.28. The van der Waals surface area contributed by atoms with Crippen molar-refractivity contribution in [2.75, 3.05) is 19.7 Å². The van der Waals surface area contributed by atoms with Crippen LogP contribution in [0.4, 0.5) is 0 Å². The number of carboxylic acids is 2. The number of aromatic nitrogens is 1. The smallest absolute Gasteiger partial charge is 0.305 e. The lowest BCUT2D eigenvalue weighted by molar-refractivity contribution is -0.138. The van der Waals surface area contributed by atoms with Crippen LogP contribution in [0.15, 0.2) is 85.1 Å². The summed E-state index contributed by atoms with van der Waals surface area (Å²) in [6, 6.07) is 24.9. The molecule has 4 N–H and O–H groups in total. The molecule has 0 radical (unpaired) electrons. The van der Waals surface area contributed by atoms with Crippen molar-refractivity contribution in [2.45, 2.75) is 44.6 Å². The Hall–Kier alpha value is -4.24. The van der Waals surface area contributed by atoms with Gasteiger partial charge in [-0.25, -0.2) is 4.98 Å². The van der Waals surface area contributed by atoms with Crippen LogP contribution in [0.25, 0.3) is 0 Å². The average molecular weight is 536 g/mol. The molecule has 208 valence electrons. The van der Waals surface area contributed by atoms with Gasteiger partial charge in [0.25, 0.3) is 0 Å². The van der Waals surface area contributed by atoms with E-state index in [-0.39, 0.29) is 31.3 Å². The molecule has 0 aliphatic heterocycles. The number of aryl methyl sites for hydroxylation is 1. The van der Waals surface area contributed by atoms with E-state index in [2.05, 4.69) is 15.6 Å². The van der Waals surface area contributed by atoms with Gasteiger partial charge < -0.3 is 25.6 Å². The Kier molecular flexibility index (Phi) is 15.0. The lowest BCUT2D eigenvalue weighted by Crippen LogP contribution is -2.42. The molecule has 1 amide bonds. The number of nitrogens with zero attached hydrogens (tertiary/aromatic N) is 1. The highest BCUT2D eigenvalue weighted by atomic mass is 16.5. The molecule has 0 aliphatic carbocycles. The highest BCUT2D eigenvalue weighted by Gasteiger charge is 2.16. The van der Waals surface area contributed by atoms with E-state index in [1.807, 2.05) is 66.7 Å². The van der Waals surface area contributed by atoms with E-state index in [0.717, 1.165) is 18.4 Å². The minimum absolute atomic E-state index is 0.0669. The molecule has 3 aromatic rings. The van der Waals surface area contributed by atoms with Gasteiger partial charge in [-0.1, -0.05) is 66.7 Å². The molecular formula is C30H37N3O6. The Balaban J connectivity index is 0.000000344. The van der Waals surface area contributed by atoms with E-state index in [0.29, 0.717) is 31.9 Å². The molecule has 9 heteroatoms. The normalized spacial score (nSPS) is 11.0. The van der Waals surface area contributed by atoms with Gasteiger partial charge in [0.1, 0.15) is 0 Å². The van der Waals surface area contributed by atoms with Crippen LogP contribution >= 0.6 is 0 Å². The fourth-order valence-electron chi connectivity index (χ4n) is 3.61. The van der Waals surface area contributed by atoms with Crippen molar-refractivity contribution in [3.8, 4) is 5.88 Å². The predicted octanol–water partition coefficient (Wildman–Crippen LogP) is 3.74. The summed E-state index contributed by atoms with van der Waals surface area (Å²) < 4.78 is 5.18. The Morgan fingerprint density at radius 3 is 2.05 bits per heavy atom. The second-order valence-electron chi connectivity index (χ2n) is 8.81. The number of nitrogens with one attached hydrogen (secondary N) is 2. The highest BCUT2D eigenvalue weighted by molar-refractivity contribution is 5.79. The zero-order valence-corrected chi connectivity index (χ0v) is 22.0. The molecule has 2 aromatic carbocycles. The van der Waals surface area contributed by atoms with Gasteiger partial charge in [0.05, 0.1) is 19.6 Å². The maximum absolute atomic E-state index is 12.1. The molecule has 0 unspecified atom stereocenters. The Labute approximate surface area is 229 Å². The molecule has 0 bridgehead atoms. The number of hydrogen-bond donors (Lipinski definition) is 4. The molecule has 9 nitrogen and oxygen atoms in total. The number of pyridine rings is 1. The van der Waals surface area contributed by atoms with Crippen molar-refractivity contribution in [1.82, 2.24) is 15.6 Å². The van der Waals surface area contributed by atoms with Crippen molar-refractivity contribution in [3.05, 3.63) is 96.2 Å². The Bertz CT molecular complexity index is 1100. The first-order chi connectivity index (χ1) is 18.9. The zero-order chi connectivity index (χ0) is 28.1. The van der Waals surface area contributed by atoms with Crippen LogP contribution in [0, 0.1) is 0 Å². The standard InChI is InChI=1S/C21H26N2O3.C9H11NO3/c24-20(16-22-14-13-18-9-5-2-6-10-18)23-19(15-21(25)26)12-11-17-7-3-1-4-8-17;11-9(12)5-3-7-13-8-4-1-2-6-10-8/h1-10,19,22H,11-16H2,(H,23,24)(H,25,26);1-2,4,6H,3,5,7H2,(H,11,12)/t19-;/m1./s1. The third kappa shape index (κ3) is 15.6. The molecule has 0 saturated heterocycles. The van der Waals surface area contributed by atoms with Gasteiger partial charge in [-0.05, 0) is 49.4 Å². The number of amides is 1. The van der Waals surface area contributed by atoms with Gasteiger partial charge in [-0.2, -0.15) is 0 Å². The van der Waals surface area contributed by atoms with Gasteiger partial charge in [0, 0.05) is 24.7 Å². The second-order valence-corrected chi connectivity index (χ2v) is 8.81.